The minimum Gasteiger partial charge on any atom is -0.454 e. The molecule has 3 aromatic rings. The summed E-state index contributed by atoms with van der Waals surface area (Å²) >= 11 is 0. The van der Waals surface area contributed by atoms with Crippen LogP contribution in [0, 0.1) is 0 Å². The van der Waals surface area contributed by atoms with Crippen LogP contribution in [0.15, 0.2) is 59.1 Å². The topological polar surface area (TPSA) is 68.0 Å². The molecule has 0 bridgehead atoms. The fourth-order valence-electron chi connectivity index (χ4n) is 4.65. The van der Waals surface area contributed by atoms with Crippen molar-refractivity contribution < 1.29 is 18.8 Å². The normalized spacial score (nSPS) is 19.2. The van der Waals surface area contributed by atoms with Crippen molar-refractivity contribution >= 4 is 5.91 Å². The smallest absolute Gasteiger partial charge is 0.235 e. The van der Waals surface area contributed by atoms with Gasteiger partial charge in [-0.2, -0.15) is 0 Å². The Morgan fingerprint density at radius 3 is 2.50 bits per heavy atom. The highest BCUT2D eigenvalue weighted by atomic mass is 16.7. The van der Waals surface area contributed by atoms with Gasteiger partial charge in [-0.15, -0.1) is 0 Å². The summed E-state index contributed by atoms with van der Waals surface area (Å²) in [5.41, 5.74) is 2.44. The van der Waals surface area contributed by atoms with Gasteiger partial charge in [0, 0.05) is 44.4 Å². The number of hydrogen-bond acceptors (Lipinski definition) is 6. The van der Waals surface area contributed by atoms with E-state index in [1.807, 2.05) is 53.4 Å². The molecule has 1 amide bonds. The SMILES string of the molecule is O=C(N1CCN(Cc2ccc3c(c2)OCO3)CC1)C1(c2cc(-c3ccccc3)on2)CC1. The van der Waals surface area contributed by atoms with Crippen molar-refractivity contribution in [2.24, 2.45) is 0 Å². The van der Waals surface area contributed by atoms with Gasteiger partial charge in [0.05, 0.1) is 11.1 Å². The molecule has 2 fully saturated rings. The highest BCUT2D eigenvalue weighted by Gasteiger charge is 2.55. The first-order valence-corrected chi connectivity index (χ1v) is 11.1. The highest BCUT2D eigenvalue weighted by Crippen LogP contribution is 2.50. The summed E-state index contributed by atoms with van der Waals surface area (Å²) in [6.07, 6.45) is 1.67. The van der Waals surface area contributed by atoms with E-state index in [1.165, 1.54) is 5.56 Å². The van der Waals surface area contributed by atoms with Gasteiger partial charge in [0.2, 0.25) is 12.7 Å². The molecule has 2 aliphatic heterocycles. The Morgan fingerprint density at radius 2 is 1.72 bits per heavy atom. The molecule has 1 aromatic heterocycles. The maximum absolute atomic E-state index is 13.4. The van der Waals surface area contributed by atoms with Crippen LogP contribution in [0.5, 0.6) is 11.5 Å². The van der Waals surface area contributed by atoms with Gasteiger partial charge in [-0.3, -0.25) is 9.69 Å². The van der Waals surface area contributed by atoms with E-state index in [4.69, 9.17) is 14.0 Å². The van der Waals surface area contributed by atoms with Crippen LogP contribution in [-0.4, -0.2) is 53.8 Å². The number of nitrogens with zero attached hydrogens (tertiary/aromatic N) is 3. The molecule has 1 aliphatic carbocycles. The van der Waals surface area contributed by atoms with Crippen LogP contribution in [0.1, 0.15) is 24.1 Å². The number of fused-ring (bicyclic) bond motifs is 1. The molecule has 0 unspecified atom stereocenters. The molecule has 3 aliphatic rings. The van der Waals surface area contributed by atoms with Gasteiger partial charge in [0.25, 0.3) is 0 Å². The lowest BCUT2D eigenvalue weighted by Gasteiger charge is -2.36. The van der Waals surface area contributed by atoms with Crippen LogP contribution in [0.25, 0.3) is 11.3 Å². The van der Waals surface area contributed by atoms with Gasteiger partial charge in [-0.05, 0) is 30.5 Å². The van der Waals surface area contributed by atoms with Crippen LogP contribution in [0.2, 0.25) is 0 Å². The Kier molecular flexibility index (Phi) is 4.64. The second-order valence-corrected chi connectivity index (χ2v) is 8.78. The average Bonchev–Trinajstić information content (AvgIpc) is 3.26. The number of carbonyl (C=O) groups is 1. The first kappa shape index (κ1) is 19.4. The number of rotatable bonds is 5. The van der Waals surface area contributed by atoms with Crippen molar-refractivity contribution in [3.8, 4) is 22.8 Å². The van der Waals surface area contributed by atoms with Gasteiger partial charge < -0.3 is 18.9 Å². The summed E-state index contributed by atoms with van der Waals surface area (Å²) in [6.45, 7) is 4.30. The van der Waals surface area contributed by atoms with Crippen LogP contribution < -0.4 is 9.47 Å². The molecule has 2 aromatic carbocycles. The van der Waals surface area contributed by atoms with E-state index in [1.54, 1.807) is 0 Å². The van der Waals surface area contributed by atoms with Gasteiger partial charge in [0.1, 0.15) is 0 Å². The molecule has 1 saturated heterocycles. The van der Waals surface area contributed by atoms with Crippen molar-refractivity contribution in [1.82, 2.24) is 15.0 Å². The Bertz CT molecular complexity index is 1130. The van der Waals surface area contributed by atoms with Crippen molar-refractivity contribution in [3.63, 3.8) is 0 Å². The fraction of sp³-hybridized carbons (Fsp3) is 0.360. The highest BCUT2D eigenvalue weighted by molar-refractivity contribution is 5.91. The summed E-state index contributed by atoms with van der Waals surface area (Å²) < 4.78 is 16.5. The Hall–Kier alpha value is -3.32. The van der Waals surface area contributed by atoms with Crippen molar-refractivity contribution in [3.05, 3.63) is 65.9 Å². The largest absolute Gasteiger partial charge is 0.454 e. The number of aromatic nitrogens is 1. The van der Waals surface area contributed by atoms with Gasteiger partial charge >= 0.3 is 0 Å². The van der Waals surface area contributed by atoms with E-state index < -0.39 is 5.41 Å². The van der Waals surface area contributed by atoms with Crippen LogP contribution in [0.4, 0.5) is 0 Å². The number of amides is 1. The molecule has 0 spiro atoms. The molecular formula is C25H25N3O4. The van der Waals surface area contributed by atoms with Crippen LogP contribution in [-0.2, 0) is 16.8 Å². The molecule has 3 heterocycles. The Balaban J connectivity index is 1.09. The van der Waals surface area contributed by atoms with E-state index in [0.717, 1.165) is 68.3 Å². The lowest BCUT2D eigenvalue weighted by Crippen LogP contribution is -2.51. The summed E-state index contributed by atoms with van der Waals surface area (Å²) in [5, 5.41) is 4.29. The minimum atomic E-state index is -0.504. The van der Waals surface area contributed by atoms with Crippen LogP contribution in [0.3, 0.4) is 0 Å². The second kappa shape index (κ2) is 7.67. The number of carbonyl (C=O) groups excluding carboxylic acids is 1. The van der Waals surface area contributed by atoms with Crippen molar-refractivity contribution in [2.75, 3.05) is 33.0 Å². The Labute approximate surface area is 186 Å². The zero-order valence-corrected chi connectivity index (χ0v) is 17.8. The monoisotopic (exact) mass is 431 g/mol. The van der Waals surface area contributed by atoms with E-state index in [0.29, 0.717) is 12.6 Å². The first-order chi connectivity index (χ1) is 15.7. The molecule has 6 rings (SSSR count). The molecule has 0 N–H and O–H groups in total. The predicted octanol–water partition coefficient (Wildman–Crippen LogP) is 3.45. The predicted molar refractivity (Wildman–Crippen MR) is 117 cm³/mol. The standard InChI is InChI=1S/C25H25N3O4/c29-24(25(8-9-25)23-15-21(32-26-23)19-4-2-1-3-5-19)28-12-10-27(11-13-28)16-18-6-7-20-22(14-18)31-17-30-20/h1-7,14-15H,8-13,16-17H2. The Morgan fingerprint density at radius 1 is 0.938 bits per heavy atom. The zero-order chi connectivity index (χ0) is 21.5. The summed E-state index contributed by atoms with van der Waals surface area (Å²) in [5.74, 6) is 2.53. The number of hydrogen-bond donors (Lipinski definition) is 0. The van der Waals surface area contributed by atoms with Crippen LogP contribution >= 0.6 is 0 Å². The summed E-state index contributed by atoms with van der Waals surface area (Å²) in [7, 11) is 0. The molecule has 0 radical (unpaired) electrons. The van der Waals surface area contributed by atoms with Gasteiger partial charge in [-0.1, -0.05) is 41.6 Å². The molecule has 7 heteroatoms. The molecule has 1 saturated carbocycles. The van der Waals surface area contributed by atoms with E-state index >= 15 is 0 Å². The molecule has 7 nitrogen and oxygen atoms in total. The molecular weight excluding hydrogens is 406 g/mol. The second-order valence-electron chi connectivity index (χ2n) is 8.78. The third kappa shape index (κ3) is 3.42. The van der Waals surface area contributed by atoms with Crippen molar-refractivity contribution in [1.29, 1.82) is 0 Å². The maximum atomic E-state index is 13.4. The number of piperazine rings is 1. The summed E-state index contributed by atoms with van der Waals surface area (Å²) in [6, 6.07) is 17.9. The lowest BCUT2D eigenvalue weighted by molar-refractivity contribution is -0.136. The maximum Gasteiger partial charge on any atom is 0.235 e. The first-order valence-electron chi connectivity index (χ1n) is 11.1. The van der Waals surface area contributed by atoms with Gasteiger partial charge in [-0.25, -0.2) is 0 Å². The molecule has 32 heavy (non-hydrogen) atoms. The minimum absolute atomic E-state index is 0.188. The number of ether oxygens (including phenoxy) is 2. The molecule has 164 valence electrons. The lowest BCUT2D eigenvalue weighted by atomic mass is 9.99. The van der Waals surface area contributed by atoms with E-state index in [2.05, 4.69) is 16.1 Å². The third-order valence-electron chi connectivity index (χ3n) is 6.72. The van der Waals surface area contributed by atoms with Crippen molar-refractivity contribution in [2.45, 2.75) is 24.8 Å². The quantitative estimate of drug-likeness (QED) is 0.617. The molecule has 0 atom stereocenters. The van der Waals surface area contributed by atoms with Gasteiger partial charge in [0.15, 0.2) is 17.3 Å². The van der Waals surface area contributed by atoms with E-state index in [9.17, 15) is 4.79 Å². The average molecular weight is 431 g/mol. The third-order valence-corrected chi connectivity index (χ3v) is 6.72. The number of benzene rings is 2. The zero-order valence-electron chi connectivity index (χ0n) is 17.8. The van der Waals surface area contributed by atoms with E-state index in [-0.39, 0.29) is 5.91 Å². The summed E-state index contributed by atoms with van der Waals surface area (Å²) in [4.78, 5) is 17.8. The fourth-order valence-corrected chi connectivity index (χ4v) is 4.65.